The second-order valence-corrected chi connectivity index (χ2v) is 8.17. The van der Waals surface area contributed by atoms with Crippen LogP contribution >= 0.6 is 0 Å². The van der Waals surface area contributed by atoms with Crippen LogP contribution in [0.15, 0.2) is 36.5 Å². The van der Waals surface area contributed by atoms with Crippen molar-refractivity contribution in [2.24, 2.45) is 5.92 Å². The first kappa shape index (κ1) is 22.2. The van der Waals surface area contributed by atoms with Crippen molar-refractivity contribution in [2.45, 2.75) is 51.9 Å². The van der Waals surface area contributed by atoms with Crippen molar-refractivity contribution < 1.29 is 22.4 Å². The molecule has 1 aromatic carbocycles. The van der Waals surface area contributed by atoms with Gasteiger partial charge in [-0.1, -0.05) is 19.4 Å². The molecule has 1 saturated carbocycles. The Morgan fingerprint density at radius 1 is 1.22 bits per heavy atom. The zero-order chi connectivity index (χ0) is 22.9. The van der Waals surface area contributed by atoms with Gasteiger partial charge >= 0.3 is 6.18 Å². The van der Waals surface area contributed by atoms with Crippen LogP contribution in [0.3, 0.4) is 0 Å². The minimum absolute atomic E-state index is 0.0203. The molecule has 9 heteroatoms. The summed E-state index contributed by atoms with van der Waals surface area (Å²) in [5.41, 5.74) is -0.872. The molecule has 0 spiro atoms. The molecule has 3 aromatic rings. The molecule has 0 saturated heterocycles. The van der Waals surface area contributed by atoms with Gasteiger partial charge in [-0.15, -0.1) is 0 Å². The average Bonchev–Trinajstić information content (AvgIpc) is 3.51. The number of rotatable bonds is 8. The van der Waals surface area contributed by atoms with E-state index in [0.717, 1.165) is 37.5 Å². The molecule has 5 nitrogen and oxygen atoms in total. The van der Waals surface area contributed by atoms with Crippen molar-refractivity contribution in [3.63, 3.8) is 0 Å². The summed E-state index contributed by atoms with van der Waals surface area (Å²) in [5.74, 6) is -1.13. The van der Waals surface area contributed by atoms with Crippen LogP contribution in [0.2, 0.25) is 0 Å². The van der Waals surface area contributed by atoms with E-state index < -0.39 is 29.0 Å². The van der Waals surface area contributed by atoms with E-state index in [9.17, 15) is 22.4 Å². The molecule has 0 aliphatic heterocycles. The first-order valence-corrected chi connectivity index (χ1v) is 10.7. The van der Waals surface area contributed by atoms with Gasteiger partial charge in [0.1, 0.15) is 17.2 Å². The van der Waals surface area contributed by atoms with E-state index in [-0.39, 0.29) is 13.1 Å². The average molecular weight is 448 g/mol. The van der Waals surface area contributed by atoms with Crippen molar-refractivity contribution in [1.29, 1.82) is 0 Å². The Kier molecular flexibility index (Phi) is 6.17. The van der Waals surface area contributed by atoms with E-state index in [2.05, 4.69) is 9.97 Å². The molecule has 0 atom stereocenters. The number of carbonyl (C=O) groups is 1. The maximum Gasteiger partial charge on any atom is 0.417 e. The summed E-state index contributed by atoms with van der Waals surface area (Å²) in [5, 5.41) is 0. The lowest BCUT2D eigenvalue weighted by Crippen LogP contribution is -2.35. The number of imidazole rings is 1. The van der Waals surface area contributed by atoms with E-state index in [0.29, 0.717) is 35.9 Å². The normalized spacial score (nSPS) is 14.2. The highest BCUT2D eigenvalue weighted by atomic mass is 19.4. The summed E-state index contributed by atoms with van der Waals surface area (Å²) in [4.78, 5) is 23.5. The number of amides is 1. The SMILES string of the molecule is CCCCN(Cc1nc2cccnc2n1CC1CC1)C(=O)c1c(F)cccc1C(F)(F)F. The largest absolute Gasteiger partial charge is 0.417 e. The van der Waals surface area contributed by atoms with Gasteiger partial charge in [0.05, 0.1) is 17.7 Å². The molecule has 0 radical (unpaired) electrons. The van der Waals surface area contributed by atoms with Crippen LogP contribution in [0, 0.1) is 11.7 Å². The molecule has 2 aromatic heterocycles. The monoisotopic (exact) mass is 448 g/mol. The highest BCUT2D eigenvalue weighted by Gasteiger charge is 2.38. The molecule has 2 heterocycles. The number of fused-ring (bicyclic) bond motifs is 1. The summed E-state index contributed by atoms with van der Waals surface area (Å²) in [7, 11) is 0. The number of benzene rings is 1. The van der Waals surface area contributed by atoms with E-state index in [1.165, 1.54) is 4.90 Å². The minimum Gasteiger partial charge on any atom is -0.331 e. The Morgan fingerprint density at radius 3 is 2.69 bits per heavy atom. The van der Waals surface area contributed by atoms with Crippen LogP contribution in [0.1, 0.15) is 54.4 Å². The first-order valence-electron chi connectivity index (χ1n) is 10.7. The van der Waals surface area contributed by atoms with Crippen LogP contribution in [-0.2, 0) is 19.3 Å². The number of pyridine rings is 1. The van der Waals surface area contributed by atoms with Crippen LogP contribution in [0.5, 0.6) is 0 Å². The van der Waals surface area contributed by atoms with Crippen molar-refractivity contribution in [1.82, 2.24) is 19.4 Å². The number of hydrogen-bond donors (Lipinski definition) is 0. The van der Waals surface area contributed by atoms with Crippen molar-refractivity contribution >= 4 is 17.1 Å². The zero-order valence-electron chi connectivity index (χ0n) is 17.7. The fourth-order valence-corrected chi connectivity index (χ4v) is 3.78. The predicted octanol–water partition coefficient (Wildman–Crippen LogP) is 5.44. The van der Waals surface area contributed by atoms with Gasteiger partial charge in [0.25, 0.3) is 5.91 Å². The van der Waals surface area contributed by atoms with E-state index in [4.69, 9.17) is 0 Å². The van der Waals surface area contributed by atoms with E-state index in [1.807, 2.05) is 17.6 Å². The predicted molar refractivity (Wildman–Crippen MR) is 111 cm³/mol. The highest BCUT2D eigenvalue weighted by molar-refractivity contribution is 5.96. The lowest BCUT2D eigenvalue weighted by molar-refractivity contribution is -0.138. The Hall–Kier alpha value is -2.97. The van der Waals surface area contributed by atoms with Crippen molar-refractivity contribution in [3.8, 4) is 0 Å². The molecule has 1 aliphatic rings. The van der Waals surface area contributed by atoms with Crippen molar-refractivity contribution in [3.05, 3.63) is 59.3 Å². The molecular formula is C23H24F4N4O. The molecular weight excluding hydrogens is 424 g/mol. The van der Waals surface area contributed by atoms with Gasteiger partial charge in [-0.25, -0.2) is 14.4 Å². The highest BCUT2D eigenvalue weighted by Crippen LogP contribution is 2.35. The number of aromatic nitrogens is 3. The van der Waals surface area contributed by atoms with Gasteiger partial charge in [-0.3, -0.25) is 4.79 Å². The molecule has 170 valence electrons. The summed E-state index contributed by atoms with van der Waals surface area (Å²) in [6, 6.07) is 6.15. The maximum atomic E-state index is 14.5. The summed E-state index contributed by atoms with van der Waals surface area (Å²) in [6.07, 6.45) is 0.303. The second-order valence-electron chi connectivity index (χ2n) is 8.17. The minimum atomic E-state index is -4.84. The quantitative estimate of drug-likeness (QED) is 0.431. The fraction of sp³-hybridized carbons (Fsp3) is 0.435. The topological polar surface area (TPSA) is 51.0 Å². The fourth-order valence-electron chi connectivity index (χ4n) is 3.78. The van der Waals surface area contributed by atoms with Crippen molar-refractivity contribution in [2.75, 3.05) is 6.54 Å². The number of halogens is 4. The second kappa shape index (κ2) is 8.88. The molecule has 0 unspecified atom stereocenters. The summed E-state index contributed by atoms with van der Waals surface area (Å²) < 4.78 is 57.0. The van der Waals surface area contributed by atoms with Gasteiger partial charge in [0, 0.05) is 19.3 Å². The molecule has 1 fully saturated rings. The van der Waals surface area contributed by atoms with E-state index in [1.54, 1.807) is 12.3 Å². The van der Waals surface area contributed by atoms with Crippen LogP contribution < -0.4 is 0 Å². The molecule has 4 rings (SSSR count). The smallest absolute Gasteiger partial charge is 0.331 e. The van der Waals surface area contributed by atoms with Gasteiger partial charge < -0.3 is 9.47 Å². The third kappa shape index (κ3) is 4.61. The Morgan fingerprint density at radius 2 is 2.00 bits per heavy atom. The van der Waals surface area contributed by atoms with Crippen LogP contribution in [-0.4, -0.2) is 31.9 Å². The summed E-state index contributed by atoms with van der Waals surface area (Å²) >= 11 is 0. The third-order valence-electron chi connectivity index (χ3n) is 5.65. The van der Waals surface area contributed by atoms with Gasteiger partial charge in [0.2, 0.25) is 0 Å². The maximum absolute atomic E-state index is 14.5. The standard InChI is InChI=1S/C23H24F4N4O/c1-2-3-12-30(22(32)20-16(23(25,26)27)6-4-7-17(20)24)14-19-29-18-8-5-11-28-21(18)31(19)13-15-9-10-15/h4-8,11,15H,2-3,9-10,12-14H2,1H3. The lowest BCUT2D eigenvalue weighted by atomic mass is 10.0. The number of hydrogen-bond acceptors (Lipinski definition) is 3. The third-order valence-corrected chi connectivity index (χ3v) is 5.65. The van der Waals surface area contributed by atoms with Gasteiger partial charge in [-0.2, -0.15) is 13.2 Å². The van der Waals surface area contributed by atoms with Gasteiger partial charge in [0.15, 0.2) is 5.65 Å². The Bertz CT molecular complexity index is 1120. The number of alkyl halides is 3. The van der Waals surface area contributed by atoms with Gasteiger partial charge in [-0.05, 0) is 49.4 Å². The molecule has 1 amide bonds. The Balaban J connectivity index is 1.73. The number of nitrogens with zero attached hydrogens (tertiary/aromatic N) is 4. The zero-order valence-corrected chi connectivity index (χ0v) is 17.7. The van der Waals surface area contributed by atoms with Crippen LogP contribution in [0.25, 0.3) is 11.2 Å². The molecule has 0 N–H and O–H groups in total. The van der Waals surface area contributed by atoms with Crippen LogP contribution in [0.4, 0.5) is 17.6 Å². The molecule has 0 bridgehead atoms. The lowest BCUT2D eigenvalue weighted by Gasteiger charge is -2.24. The number of unbranched alkanes of at least 4 members (excludes halogenated alkanes) is 1. The molecule has 1 aliphatic carbocycles. The number of carbonyl (C=O) groups excluding carboxylic acids is 1. The first-order chi connectivity index (χ1) is 15.3. The Labute approximate surface area is 183 Å². The summed E-state index contributed by atoms with van der Waals surface area (Å²) in [6.45, 7) is 2.78. The molecule has 32 heavy (non-hydrogen) atoms. The van der Waals surface area contributed by atoms with E-state index >= 15 is 0 Å².